The van der Waals surface area contributed by atoms with E-state index in [9.17, 15) is 0 Å². The molecule has 1 aliphatic heterocycles. The number of H-pyrrole nitrogens is 1. The quantitative estimate of drug-likeness (QED) is 0.429. The molecule has 0 saturated carbocycles. The van der Waals surface area contributed by atoms with Crippen molar-refractivity contribution >= 4 is 28.5 Å². The van der Waals surface area contributed by atoms with Gasteiger partial charge in [0.2, 0.25) is 0 Å². The smallest absolute Gasteiger partial charge is 0.119 e. The van der Waals surface area contributed by atoms with E-state index in [1.165, 1.54) is 39.3 Å². The molecule has 2 aromatic carbocycles. The van der Waals surface area contributed by atoms with Crippen LogP contribution in [-0.4, -0.2) is 48.2 Å². The van der Waals surface area contributed by atoms with E-state index in [2.05, 4.69) is 53.3 Å². The number of amidine groups is 1. The summed E-state index contributed by atoms with van der Waals surface area (Å²) in [5.41, 5.74) is 3.54. The van der Waals surface area contributed by atoms with E-state index < -0.39 is 0 Å². The number of fused-ring (bicyclic) bond motifs is 1. The van der Waals surface area contributed by atoms with Gasteiger partial charge in [0.15, 0.2) is 0 Å². The van der Waals surface area contributed by atoms with Crippen molar-refractivity contribution in [2.24, 2.45) is 4.99 Å². The highest BCUT2D eigenvalue weighted by Crippen LogP contribution is 2.38. The fourth-order valence-corrected chi connectivity index (χ4v) is 4.70. The molecule has 4 nitrogen and oxygen atoms in total. The summed E-state index contributed by atoms with van der Waals surface area (Å²) in [5, 5.41) is 1.28. The number of benzene rings is 2. The van der Waals surface area contributed by atoms with Gasteiger partial charge in [-0.2, -0.15) is 0 Å². The second-order valence-electron chi connectivity index (χ2n) is 7.00. The van der Waals surface area contributed by atoms with E-state index in [0.29, 0.717) is 6.61 Å². The summed E-state index contributed by atoms with van der Waals surface area (Å²) >= 11 is 1.89. The van der Waals surface area contributed by atoms with Gasteiger partial charge in [-0.25, -0.2) is 0 Å². The SMILES string of the molecule is CCOc1ccc(-c2[nH]c3ccccc3c2SCCN=C2CCCN2C)cc1. The first-order chi connectivity index (χ1) is 13.8. The maximum absolute atomic E-state index is 5.59. The van der Waals surface area contributed by atoms with Gasteiger partial charge < -0.3 is 14.6 Å². The Morgan fingerprint density at radius 2 is 1.96 bits per heavy atom. The number of nitrogens with zero attached hydrogens (tertiary/aromatic N) is 2. The monoisotopic (exact) mass is 393 g/mol. The van der Waals surface area contributed by atoms with Gasteiger partial charge in [0.05, 0.1) is 24.7 Å². The summed E-state index contributed by atoms with van der Waals surface area (Å²) in [4.78, 5) is 12.0. The Bertz CT molecular complexity index is 962. The number of aromatic nitrogens is 1. The minimum Gasteiger partial charge on any atom is -0.494 e. The highest BCUT2D eigenvalue weighted by molar-refractivity contribution is 7.99. The average molecular weight is 394 g/mol. The molecule has 1 fully saturated rings. The van der Waals surface area contributed by atoms with E-state index in [4.69, 9.17) is 9.73 Å². The molecule has 0 aliphatic carbocycles. The number of aliphatic imine (C=N–C) groups is 1. The van der Waals surface area contributed by atoms with Crippen molar-refractivity contribution < 1.29 is 4.74 Å². The molecule has 1 N–H and O–H groups in total. The zero-order valence-electron chi connectivity index (χ0n) is 16.6. The number of rotatable bonds is 7. The highest BCUT2D eigenvalue weighted by atomic mass is 32.2. The molecule has 0 spiro atoms. The molecule has 1 aromatic heterocycles. The van der Waals surface area contributed by atoms with Crippen LogP contribution >= 0.6 is 11.8 Å². The topological polar surface area (TPSA) is 40.6 Å². The van der Waals surface area contributed by atoms with Crippen LogP contribution in [0.1, 0.15) is 19.8 Å². The lowest BCUT2D eigenvalue weighted by molar-refractivity contribution is 0.340. The van der Waals surface area contributed by atoms with Gasteiger partial charge >= 0.3 is 0 Å². The number of hydrogen-bond acceptors (Lipinski definition) is 3. The first kappa shape index (κ1) is 18.9. The van der Waals surface area contributed by atoms with Crippen LogP contribution < -0.4 is 4.74 Å². The van der Waals surface area contributed by atoms with Crippen molar-refractivity contribution in [3.8, 4) is 17.0 Å². The zero-order valence-corrected chi connectivity index (χ0v) is 17.4. The van der Waals surface area contributed by atoms with Gasteiger partial charge in [-0.3, -0.25) is 4.99 Å². The third-order valence-corrected chi connectivity index (χ3v) is 6.18. The molecule has 0 bridgehead atoms. The number of thioether (sulfide) groups is 1. The number of para-hydroxylation sites is 1. The predicted molar refractivity (Wildman–Crippen MR) is 120 cm³/mol. The summed E-state index contributed by atoms with van der Waals surface area (Å²) < 4.78 is 5.59. The number of aromatic amines is 1. The second-order valence-corrected chi connectivity index (χ2v) is 8.11. The van der Waals surface area contributed by atoms with E-state index >= 15 is 0 Å². The van der Waals surface area contributed by atoms with E-state index in [1.54, 1.807) is 0 Å². The molecule has 4 rings (SSSR count). The fraction of sp³-hybridized carbons (Fsp3) is 0.348. The Hall–Kier alpha value is -2.40. The molecular formula is C23H27N3OS. The zero-order chi connectivity index (χ0) is 19.3. The Morgan fingerprint density at radius 3 is 2.71 bits per heavy atom. The lowest BCUT2D eigenvalue weighted by Gasteiger charge is -2.11. The molecule has 1 saturated heterocycles. The molecule has 5 heteroatoms. The van der Waals surface area contributed by atoms with Crippen LogP contribution in [0.25, 0.3) is 22.2 Å². The minimum absolute atomic E-state index is 0.685. The van der Waals surface area contributed by atoms with Crippen molar-refractivity contribution in [3.63, 3.8) is 0 Å². The lowest BCUT2D eigenvalue weighted by atomic mass is 10.1. The Kier molecular flexibility index (Phi) is 5.91. The van der Waals surface area contributed by atoms with Crippen LogP contribution in [0.3, 0.4) is 0 Å². The van der Waals surface area contributed by atoms with Gasteiger partial charge in [-0.1, -0.05) is 18.2 Å². The van der Waals surface area contributed by atoms with Crippen molar-refractivity contribution in [2.45, 2.75) is 24.7 Å². The Balaban J connectivity index is 1.56. The minimum atomic E-state index is 0.685. The van der Waals surface area contributed by atoms with Crippen LogP contribution in [0, 0.1) is 0 Å². The average Bonchev–Trinajstić information content (AvgIpc) is 3.29. The molecule has 2 heterocycles. The third kappa shape index (κ3) is 4.04. The lowest BCUT2D eigenvalue weighted by Crippen LogP contribution is -2.19. The number of nitrogens with one attached hydrogen (secondary N) is 1. The van der Waals surface area contributed by atoms with E-state index in [0.717, 1.165) is 31.0 Å². The maximum Gasteiger partial charge on any atom is 0.119 e. The molecule has 0 unspecified atom stereocenters. The largest absolute Gasteiger partial charge is 0.494 e. The van der Waals surface area contributed by atoms with Crippen LogP contribution in [0.5, 0.6) is 5.75 Å². The van der Waals surface area contributed by atoms with Gasteiger partial charge in [0.25, 0.3) is 0 Å². The summed E-state index contributed by atoms with van der Waals surface area (Å²) in [6.07, 6.45) is 2.35. The van der Waals surface area contributed by atoms with Crippen molar-refractivity contribution in [1.82, 2.24) is 9.88 Å². The van der Waals surface area contributed by atoms with Crippen LogP contribution in [0.15, 0.2) is 58.4 Å². The van der Waals surface area contributed by atoms with Crippen molar-refractivity contribution in [1.29, 1.82) is 0 Å². The predicted octanol–water partition coefficient (Wildman–Crippen LogP) is 5.45. The summed E-state index contributed by atoms with van der Waals surface area (Å²) in [5.74, 6) is 3.14. The van der Waals surface area contributed by atoms with Crippen LogP contribution in [0.2, 0.25) is 0 Å². The molecule has 1 aliphatic rings. The highest BCUT2D eigenvalue weighted by Gasteiger charge is 2.15. The summed E-state index contributed by atoms with van der Waals surface area (Å²) in [7, 11) is 2.14. The Morgan fingerprint density at radius 1 is 1.14 bits per heavy atom. The normalized spacial score (nSPS) is 15.6. The first-order valence-corrected chi connectivity index (χ1v) is 11.0. The fourth-order valence-electron chi connectivity index (χ4n) is 3.67. The molecule has 146 valence electrons. The van der Waals surface area contributed by atoms with Crippen molar-refractivity contribution in [3.05, 3.63) is 48.5 Å². The van der Waals surface area contributed by atoms with Gasteiger partial charge in [0, 0.05) is 41.6 Å². The van der Waals surface area contributed by atoms with Crippen LogP contribution in [-0.2, 0) is 0 Å². The Labute approximate surface area is 171 Å². The van der Waals surface area contributed by atoms with Gasteiger partial charge in [-0.05, 0) is 49.2 Å². The van der Waals surface area contributed by atoms with Crippen molar-refractivity contribution in [2.75, 3.05) is 32.5 Å². The van der Waals surface area contributed by atoms with Gasteiger partial charge in [0.1, 0.15) is 5.75 Å². The van der Waals surface area contributed by atoms with Crippen LogP contribution in [0.4, 0.5) is 0 Å². The van der Waals surface area contributed by atoms with E-state index in [-0.39, 0.29) is 0 Å². The molecule has 28 heavy (non-hydrogen) atoms. The number of hydrogen-bond donors (Lipinski definition) is 1. The molecule has 0 atom stereocenters. The summed E-state index contributed by atoms with van der Waals surface area (Å²) in [6.45, 7) is 4.68. The maximum atomic E-state index is 5.59. The third-order valence-electron chi connectivity index (χ3n) is 5.08. The molecular weight excluding hydrogens is 366 g/mol. The number of likely N-dealkylation sites (tertiary alicyclic amines) is 1. The number of ether oxygens (including phenoxy) is 1. The first-order valence-electron chi connectivity index (χ1n) is 9.97. The standard InChI is InChI=1S/C23H27N3OS/c1-3-27-18-12-10-17(11-13-18)22-23(19-7-4-5-8-20(19)25-22)28-16-14-24-21-9-6-15-26(21)2/h4-5,7-8,10-13,25H,3,6,9,14-16H2,1-2H3. The second kappa shape index (κ2) is 8.74. The summed E-state index contributed by atoms with van der Waals surface area (Å²) in [6, 6.07) is 16.9. The van der Waals surface area contributed by atoms with Gasteiger partial charge in [-0.15, -0.1) is 11.8 Å². The van der Waals surface area contributed by atoms with E-state index in [1.807, 2.05) is 30.8 Å². The molecule has 0 radical (unpaired) electrons. The molecule has 0 amide bonds. The molecule has 3 aromatic rings.